The van der Waals surface area contributed by atoms with Crippen molar-refractivity contribution in [3.63, 3.8) is 0 Å². The summed E-state index contributed by atoms with van der Waals surface area (Å²) in [7, 11) is 0. The van der Waals surface area contributed by atoms with Crippen LogP contribution >= 0.6 is 0 Å². The Morgan fingerprint density at radius 3 is 2.43 bits per heavy atom. The third-order valence-electron chi connectivity index (χ3n) is 3.64. The van der Waals surface area contributed by atoms with E-state index >= 15 is 0 Å². The van der Waals surface area contributed by atoms with Gasteiger partial charge in [-0.15, -0.1) is 0 Å². The lowest BCUT2D eigenvalue weighted by molar-refractivity contribution is -0.116. The molecule has 0 radical (unpaired) electrons. The maximum atomic E-state index is 12.0. The van der Waals surface area contributed by atoms with Gasteiger partial charge in [0.05, 0.1) is 5.69 Å². The highest BCUT2D eigenvalue weighted by atomic mass is 16.5. The van der Waals surface area contributed by atoms with Crippen LogP contribution in [0, 0.1) is 13.8 Å². The van der Waals surface area contributed by atoms with Crippen molar-refractivity contribution < 1.29 is 9.32 Å². The van der Waals surface area contributed by atoms with Crippen molar-refractivity contribution in [3.05, 3.63) is 46.8 Å². The fourth-order valence-electron chi connectivity index (χ4n) is 2.27. The van der Waals surface area contributed by atoms with E-state index in [1.165, 1.54) is 5.56 Å². The first-order chi connectivity index (χ1) is 9.97. The van der Waals surface area contributed by atoms with E-state index in [-0.39, 0.29) is 5.91 Å². The lowest BCUT2D eigenvalue weighted by Crippen LogP contribution is -2.12. The number of nitrogens with zero attached hydrogens (tertiary/aromatic N) is 1. The van der Waals surface area contributed by atoms with Crippen LogP contribution in [0.2, 0.25) is 0 Å². The molecule has 0 saturated heterocycles. The van der Waals surface area contributed by atoms with E-state index in [9.17, 15) is 4.79 Å². The summed E-state index contributed by atoms with van der Waals surface area (Å²) in [4.78, 5) is 12.0. The van der Waals surface area contributed by atoms with Gasteiger partial charge in [-0.2, -0.15) is 0 Å². The standard InChI is InChI=1S/C17H22N2O2/c1-11(2)14-5-7-15(8-6-14)18-17(20)10-9-16-12(3)19-21-13(16)4/h5-8,11H,9-10H2,1-4H3,(H,18,20). The predicted molar refractivity (Wildman–Crippen MR) is 83.5 cm³/mol. The number of aromatic nitrogens is 1. The van der Waals surface area contributed by atoms with Gasteiger partial charge in [-0.3, -0.25) is 4.79 Å². The summed E-state index contributed by atoms with van der Waals surface area (Å²) in [5.74, 6) is 1.29. The summed E-state index contributed by atoms with van der Waals surface area (Å²) < 4.78 is 5.10. The molecule has 0 aliphatic rings. The topological polar surface area (TPSA) is 55.1 Å². The molecular formula is C17H22N2O2. The summed E-state index contributed by atoms with van der Waals surface area (Å²) in [5, 5.41) is 6.82. The average Bonchev–Trinajstić information content (AvgIpc) is 2.76. The second kappa shape index (κ2) is 6.57. The van der Waals surface area contributed by atoms with Gasteiger partial charge < -0.3 is 9.84 Å². The van der Waals surface area contributed by atoms with E-state index < -0.39 is 0 Å². The first kappa shape index (κ1) is 15.3. The van der Waals surface area contributed by atoms with Gasteiger partial charge in [-0.25, -0.2) is 0 Å². The van der Waals surface area contributed by atoms with Crippen molar-refractivity contribution >= 4 is 11.6 Å². The lowest BCUT2D eigenvalue weighted by atomic mass is 10.0. The maximum absolute atomic E-state index is 12.0. The maximum Gasteiger partial charge on any atom is 0.224 e. The Hall–Kier alpha value is -2.10. The van der Waals surface area contributed by atoms with Crippen molar-refractivity contribution in [1.29, 1.82) is 0 Å². The summed E-state index contributed by atoms with van der Waals surface area (Å²) in [6, 6.07) is 8.00. The molecule has 2 rings (SSSR count). The molecule has 0 bridgehead atoms. The van der Waals surface area contributed by atoms with Crippen molar-refractivity contribution in [2.75, 3.05) is 5.32 Å². The van der Waals surface area contributed by atoms with Gasteiger partial charge in [-0.05, 0) is 43.9 Å². The Morgan fingerprint density at radius 1 is 1.24 bits per heavy atom. The molecule has 0 unspecified atom stereocenters. The van der Waals surface area contributed by atoms with E-state index in [1.54, 1.807) is 0 Å². The quantitative estimate of drug-likeness (QED) is 0.904. The second-order valence-electron chi connectivity index (χ2n) is 5.63. The zero-order valence-corrected chi connectivity index (χ0v) is 13.1. The Bertz CT molecular complexity index is 593. The van der Waals surface area contributed by atoms with Crippen molar-refractivity contribution in [2.24, 2.45) is 0 Å². The van der Waals surface area contributed by atoms with Crippen LogP contribution in [0.5, 0.6) is 0 Å². The molecule has 1 aromatic carbocycles. The second-order valence-corrected chi connectivity index (χ2v) is 5.63. The molecule has 1 N–H and O–H groups in total. The van der Waals surface area contributed by atoms with Crippen LogP contribution in [0.15, 0.2) is 28.8 Å². The number of amides is 1. The molecule has 4 heteroatoms. The number of carbonyl (C=O) groups excluding carboxylic acids is 1. The number of aryl methyl sites for hydroxylation is 2. The van der Waals surface area contributed by atoms with Crippen molar-refractivity contribution in [3.8, 4) is 0 Å². The Labute approximate surface area is 125 Å². The van der Waals surface area contributed by atoms with E-state index in [1.807, 2.05) is 26.0 Å². The minimum Gasteiger partial charge on any atom is -0.361 e. The first-order valence-electron chi connectivity index (χ1n) is 7.29. The van der Waals surface area contributed by atoms with E-state index in [2.05, 4.69) is 36.5 Å². The molecule has 4 nitrogen and oxygen atoms in total. The smallest absolute Gasteiger partial charge is 0.224 e. The molecule has 21 heavy (non-hydrogen) atoms. The summed E-state index contributed by atoms with van der Waals surface area (Å²) in [6.45, 7) is 8.07. The minimum absolute atomic E-state index is 0.00676. The predicted octanol–water partition coefficient (Wildman–Crippen LogP) is 3.99. The molecule has 1 aromatic heterocycles. The number of hydrogen-bond acceptors (Lipinski definition) is 3. The van der Waals surface area contributed by atoms with Crippen LogP contribution in [-0.4, -0.2) is 11.1 Å². The van der Waals surface area contributed by atoms with Crippen LogP contribution in [0.1, 0.15) is 48.8 Å². The third kappa shape index (κ3) is 3.94. The number of carbonyl (C=O) groups is 1. The van der Waals surface area contributed by atoms with E-state index in [0.717, 1.165) is 22.7 Å². The number of rotatable bonds is 5. The third-order valence-corrected chi connectivity index (χ3v) is 3.64. The van der Waals surface area contributed by atoms with Gasteiger partial charge in [-0.1, -0.05) is 31.1 Å². The SMILES string of the molecule is Cc1noc(C)c1CCC(=O)Nc1ccc(C(C)C)cc1. The highest BCUT2D eigenvalue weighted by molar-refractivity contribution is 5.90. The molecule has 2 aromatic rings. The fourth-order valence-corrected chi connectivity index (χ4v) is 2.27. The van der Waals surface area contributed by atoms with E-state index in [0.29, 0.717) is 18.8 Å². The van der Waals surface area contributed by atoms with Gasteiger partial charge in [0.1, 0.15) is 5.76 Å². The van der Waals surface area contributed by atoms with Gasteiger partial charge in [0.2, 0.25) is 5.91 Å². The molecule has 0 aliphatic carbocycles. The van der Waals surface area contributed by atoms with Crippen LogP contribution in [0.25, 0.3) is 0 Å². The molecule has 1 amide bonds. The van der Waals surface area contributed by atoms with E-state index in [4.69, 9.17) is 4.52 Å². The molecule has 112 valence electrons. The van der Waals surface area contributed by atoms with Gasteiger partial charge in [0.15, 0.2) is 0 Å². The molecule has 0 saturated carbocycles. The molecule has 0 atom stereocenters. The van der Waals surface area contributed by atoms with Crippen LogP contribution < -0.4 is 5.32 Å². The summed E-state index contributed by atoms with van der Waals surface area (Å²) in [6.07, 6.45) is 1.08. The first-order valence-corrected chi connectivity index (χ1v) is 7.29. The Balaban J connectivity index is 1.90. The fraction of sp³-hybridized carbons (Fsp3) is 0.412. The normalized spacial score (nSPS) is 10.9. The van der Waals surface area contributed by atoms with Crippen molar-refractivity contribution in [1.82, 2.24) is 5.16 Å². The largest absolute Gasteiger partial charge is 0.361 e. The van der Waals surface area contributed by atoms with Gasteiger partial charge in [0, 0.05) is 17.7 Å². The van der Waals surface area contributed by atoms with Crippen LogP contribution in [-0.2, 0) is 11.2 Å². The Morgan fingerprint density at radius 2 is 1.90 bits per heavy atom. The average molecular weight is 286 g/mol. The highest BCUT2D eigenvalue weighted by Crippen LogP contribution is 2.18. The molecule has 1 heterocycles. The number of hydrogen-bond donors (Lipinski definition) is 1. The summed E-state index contributed by atoms with van der Waals surface area (Å²) in [5.41, 5.74) is 3.99. The number of benzene rings is 1. The molecule has 0 spiro atoms. The zero-order chi connectivity index (χ0) is 15.4. The monoisotopic (exact) mass is 286 g/mol. The van der Waals surface area contributed by atoms with Crippen molar-refractivity contribution in [2.45, 2.75) is 46.5 Å². The van der Waals surface area contributed by atoms with Crippen LogP contribution in [0.3, 0.4) is 0 Å². The summed E-state index contributed by atoms with van der Waals surface area (Å²) >= 11 is 0. The minimum atomic E-state index is 0.00676. The van der Waals surface area contributed by atoms with Gasteiger partial charge >= 0.3 is 0 Å². The molecule has 0 aliphatic heterocycles. The zero-order valence-electron chi connectivity index (χ0n) is 13.1. The molecular weight excluding hydrogens is 264 g/mol. The van der Waals surface area contributed by atoms with Crippen LogP contribution in [0.4, 0.5) is 5.69 Å². The number of nitrogens with one attached hydrogen (secondary N) is 1. The van der Waals surface area contributed by atoms with Gasteiger partial charge in [0.25, 0.3) is 0 Å². The number of anilines is 1. The highest BCUT2D eigenvalue weighted by Gasteiger charge is 2.11. The molecule has 0 fully saturated rings. The Kier molecular flexibility index (Phi) is 4.78. The lowest BCUT2D eigenvalue weighted by Gasteiger charge is -2.08.